The van der Waals surface area contributed by atoms with Crippen molar-refractivity contribution in [1.82, 2.24) is 25.9 Å². The number of rotatable bonds is 3. The second-order valence-electron chi connectivity index (χ2n) is 3.97. The quantitative estimate of drug-likeness (QED) is 0.713. The van der Waals surface area contributed by atoms with Crippen LogP contribution in [0.1, 0.15) is 16.2 Å². The number of ether oxygens (including phenoxy) is 1. The summed E-state index contributed by atoms with van der Waals surface area (Å²) in [6.45, 7) is 1.50. The van der Waals surface area contributed by atoms with Gasteiger partial charge in [-0.1, -0.05) is 11.3 Å². The first-order valence-electron chi connectivity index (χ1n) is 5.85. The SMILES string of the molecule is O=C(NCc1nn[nH]n1)c1cccc2c1OCCN2. The van der Waals surface area contributed by atoms with Gasteiger partial charge in [0, 0.05) is 6.54 Å². The molecule has 0 radical (unpaired) electrons. The first kappa shape index (κ1) is 11.5. The molecule has 1 aromatic carbocycles. The zero-order valence-corrected chi connectivity index (χ0v) is 10.0. The number of para-hydroxylation sites is 1. The fraction of sp³-hybridized carbons (Fsp3) is 0.273. The van der Waals surface area contributed by atoms with E-state index < -0.39 is 0 Å². The van der Waals surface area contributed by atoms with E-state index in [-0.39, 0.29) is 12.5 Å². The van der Waals surface area contributed by atoms with Crippen molar-refractivity contribution in [2.45, 2.75) is 6.54 Å². The maximum atomic E-state index is 12.1. The van der Waals surface area contributed by atoms with Gasteiger partial charge in [-0.25, -0.2) is 0 Å². The van der Waals surface area contributed by atoms with Crippen LogP contribution in [0.4, 0.5) is 5.69 Å². The molecule has 8 heteroatoms. The lowest BCUT2D eigenvalue weighted by molar-refractivity contribution is 0.0946. The summed E-state index contributed by atoms with van der Waals surface area (Å²) in [4.78, 5) is 12.1. The summed E-state index contributed by atoms with van der Waals surface area (Å²) in [5, 5.41) is 19.2. The van der Waals surface area contributed by atoms with Gasteiger partial charge in [-0.3, -0.25) is 4.79 Å². The van der Waals surface area contributed by atoms with Crippen LogP contribution in [0.5, 0.6) is 5.75 Å². The first-order chi connectivity index (χ1) is 9.34. The molecule has 0 fully saturated rings. The third-order valence-corrected chi connectivity index (χ3v) is 2.72. The van der Waals surface area contributed by atoms with E-state index in [1.165, 1.54) is 0 Å². The average Bonchev–Trinajstić information content (AvgIpc) is 2.97. The zero-order chi connectivity index (χ0) is 13.1. The Bertz CT molecular complexity index is 583. The van der Waals surface area contributed by atoms with Crippen molar-refractivity contribution in [3.05, 3.63) is 29.6 Å². The van der Waals surface area contributed by atoms with Gasteiger partial charge in [0.2, 0.25) is 0 Å². The van der Waals surface area contributed by atoms with Crippen LogP contribution in [0.15, 0.2) is 18.2 Å². The molecule has 0 saturated heterocycles. The predicted molar refractivity (Wildman–Crippen MR) is 65.8 cm³/mol. The van der Waals surface area contributed by atoms with Crippen molar-refractivity contribution in [3.63, 3.8) is 0 Å². The fourth-order valence-electron chi connectivity index (χ4n) is 1.86. The van der Waals surface area contributed by atoms with Gasteiger partial charge >= 0.3 is 0 Å². The largest absolute Gasteiger partial charge is 0.489 e. The molecule has 8 nitrogen and oxygen atoms in total. The van der Waals surface area contributed by atoms with Crippen LogP contribution in [-0.4, -0.2) is 39.7 Å². The Balaban J connectivity index is 1.76. The Hall–Kier alpha value is -2.64. The normalized spacial score (nSPS) is 13.1. The van der Waals surface area contributed by atoms with Crippen molar-refractivity contribution in [2.24, 2.45) is 0 Å². The number of nitrogens with zero attached hydrogens (tertiary/aromatic N) is 3. The van der Waals surface area contributed by atoms with E-state index >= 15 is 0 Å². The Morgan fingerprint density at radius 2 is 2.42 bits per heavy atom. The highest BCUT2D eigenvalue weighted by molar-refractivity contribution is 5.98. The zero-order valence-electron chi connectivity index (χ0n) is 10.0. The van der Waals surface area contributed by atoms with Crippen molar-refractivity contribution in [1.29, 1.82) is 0 Å². The highest BCUT2D eigenvalue weighted by Gasteiger charge is 2.18. The number of hydrogen-bond donors (Lipinski definition) is 3. The maximum Gasteiger partial charge on any atom is 0.255 e. The highest BCUT2D eigenvalue weighted by atomic mass is 16.5. The molecule has 2 aromatic rings. The van der Waals surface area contributed by atoms with Gasteiger partial charge in [-0.05, 0) is 12.1 Å². The Kier molecular flexibility index (Phi) is 2.97. The van der Waals surface area contributed by atoms with Crippen LogP contribution in [0, 0.1) is 0 Å². The van der Waals surface area contributed by atoms with Crippen molar-refractivity contribution in [2.75, 3.05) is 18.5 Å². The summed E-state index contributed by atoms with van der Waals surface area (Å²) in [6, 6.07) is 5.41. The van der Waals surface area contributed by atoms with E-state index in [1.54, 1.807) is 6.07 Å². The second-order valence-corrected chi connectivity index (χ2v) is 3.97. The lowest BCUT2D eigenvalue weighted by Gasteiger charge is -2.21. The lowest BCUT2D eigenvalue weighted by Crippen LogP contribution is -2.26. The fourth-order valence-corrected chi connectivity index (χ4v) is 1.86. The molecule has 98 valence electrons. The van der Waals surface area contributed by atoms with Gasteiger partial charge in [-0.2, -0.15) is 5.21 Å². The number of amides is 1. The van der Waals surface area contributed by atoms with Crippen molar-refractivity contribution >= 4 is 11.6 Å². The molecule has 1 aliphatic heterocycles. The number of aromatic nitrogens is 4. The van der Waals surface area contributed by atoms with Crippen LogP contribution < -0.4 is 15.4 Å². The first-order valence-corrected chi connectivity index (χ1v) is 5.85. The number of nitrogens with one attached hydrogen (secondary N) is 3. The lowest BCUT2D eigenvalue weighted by atomic mass is 10.1. The molecule has 19 heavy (non-hydrogen) atoms. The van der Waals surface area contributed by atoms with Crippen molar-refractivity contribution < 1.29 is 9.53 Å². The number of benzene rings is 1. The van der Waals surface area contributed by atoms with E-state index in [4.69, 9.17) is 4.74 Å². The second kappa shape index (κ2) is 4.92. The smallest absolute Gasteiger partial charge is 0.255 e. The van der Waals surface area contributed by atoms with Gasteiger partial charge in [0.25, 0.3) is 5.91 Å². The molecule has 1 aromatic heterocycles. The summed E-state index contributed by atoms with van der Waals surface area (Å²) < 4.78 is 5.54. The van der Waals surface area contributed by atoms with Gasteiger partial charge in [0.15, 0.2) is 11.6 Å². The van der Waals surface area contributed by atoms with E-state index in [9.17, 15) is 4.79 Å². The molecule has 0 atom stereocenters. The van der Waals surface area contributed by atoms with E-state index in [0.717, 1.165) is 12.2 Å². The number of carbonyl (C=O) groups is 1. The number of anilines is 1. The molecule has 0 bridgehead atoms. The molecule has 1 aliphatic rings. The van der Waals surface area contributed by atoms with Gasteiger partial charge in [0.1, 0.15) is 6.61 Å². The molecule has 1 amide bonds. The summed E-state index contributed by atoms with van der Waals surface area (Å²) >= 11 is 0. The van der Waals surface area contributed by atoms with Crippen LogP contribution in [0.3, 0.4) is 0 Å². The van der Waals surface area contributed by atoms with Crippen LogP contribution in [0.2, 0.25) is 0 Å². The number of carbonyl (C=O) groups excluding carboxylic acids is 1. The Morgan fingerprint density at radius 3 is 3.26 bits per heavy atom. The molecule has 3 N–H and O–H groups in total. The van der Waals surface area contributed by atoms with Crippen LogP contribution in [0.25, 0.3) is 0 Å². The number of fused-ring (bicyclic) bond motifs is 1. The van der Waals surface area contributed by atoms with Gasteiger partial charge < -0.3 is 15.4 Å². The van der Waals surface area contributed by atoms with E-state index in [1.807, 2.05) is 12.1 Å². The molecule has 0 spiro atoms. The third kappa shape index (κ3) is 2.32. The third-order valence-electron chi connectivity index (χ3n) is 2.72. The standard InChI is InChI=1S/C11H12N6O2/c18-11(13-6-9-14-16-17-15-9)7-2-1-3-8-10(7)19-5-4-12-8/h1-3,12H,4-6H2,(H,13,18)(H,14,15,16,17). The Morgan fingerprint density at radius 1 is 1.47 bits per heavy atom. The van der Waals surface area contributed by atoms with Gasteiger partial charge in [-0.15, -0.1) is 10.2 Å². The van der Waals surface area contributed by atoms with Crippen molar-refractivity contribution in [3.8, 4) is 5.75 Å². The number of H-pyrrole nitrogens is 1. The summed E-state index contributed by atoms with van der Waals surface area (Å²) in [5.74, 6) is 0.780. The molecule has 3 rings (SSSR count). The summed E-state index contributed by atoms with van der Waals surface area (Å²) in [5.41, 5.74) is 1.33. The van der Waals surface area contributed by atoms with E-state index in [2.05, 4.69) is 31.3 Å². The topological polar surface area (TPSA) is 105 Å². The average molecular weight is 260 g/mol. The molecular weight excluding hydrogens is 248 g/mol. The Labute approximate surface area is 108 Å². The van der Waals surface area contributed by atoms with E-state index in [0.29, 0.717) is 23.7 Å². The molecule has 0 unspecified atom stereocenters. The minimum absolute atomic E-state index is 0.215. The maximum absolute atomic E-state index is 12.1. The highest BCUT2D eigenvalue weighted by Crippen LogP contribution is 2.30. The molecule has 2 heterocycles. The minimum atomic E-state index is -0.231. The molecular formula is C11H12N6O2. The molecule has 0 saturated carbocycles. The number of tetrazole rings is 1. The number of aromatic amines is 1. The van der Waals surface area contributed by atoms with Crippen LogP contribution in [-0.2, 0) is 6.54 Å². The molecule has 0 aliphatic carbocycles. The number of hydrogen-bond acceptors (Lipinski definition) is 6. The summed E-state index contributed by atoms with van der Waals surface area (Å²) in [6.07, 6.45) is 0. The van der Waals surface area contributed by atoms with Crippen LogP contribution >= 0.6 is 0 Å². The monoisotopic (exact) mass is 260 g/mol. The minimum Gasteiger partial charge on any atom is -0.489 e. The summed E-state index contributed by atoms with van der Waals surface area (Å²) in [7, 11) is 0. The predicted octanol–water partition coefficient (Wildman–Crippen LogP) is -0.0660. The van der Waals surface area contributed by atoms with Gasteiger partial charge in [0.05, 0.1) is 17.8 Å².